The minimum Gasteiger partial charge on any atom is -0.395 e. The van der Waals surface area contributed by atoms with E-state index in [4.69, 9.17) is 78.7 Å². The first-order chi connectivity index (χ1) is 49.5. The van der Waals surface area contributed by atoms with Crippen molar-refractivity contribution >= 4 is 120 Å². The van der Waals surface area contributed by atoms with Crippen LogP contribution in [-0.2, 0) is 46.0 Å². The normalized spacial score (nSPS) is 12.1. The average Bonchev–Trinajstić information content (AvgIpc) is 1.63. The number of aliphatic hydroxyl groups is 2. The number of nitrogens with two attached hydrogens (primary N) is 1. The molecule has 0 aliphatic rings. The first kappa shape index (κ1) is 77.4. The van der Waals surface area contributed by atoms with Crippen molar-refractivity contribution in [1.29, 1.82) is 0 Å². The highest BCUT2D eigenvalue weighted by Crippen LogP contribution is 2.36. The summed E-state index contributed by atoms with van der Waals surface area (Å²) in [5, 5.41) is 34.6. The lowest BCUT2D eigenvalue weighted by atomic mass is 9.93. The van der Waals surface area contributed by atoms with Crippen molar-refractivity contribution in [3.05, 3.63) is 239 Å². The largest absolute Gasteiger partial charge is 0.395 e. The number of hydrogen-bond acceptors (Lipinski definition) is 13. The fourth-order valence-corrected chi connectivity index (χ4v) is 14.3. The van der Waals surface area contributed by atoms with E-state index in [9.17, 15) is 24.6 Å². The van der Waals surface area contributed by atoms with Crippen molar-refractivity contribution in [1.82, 2.24) is 40.0 Å². The summed E-state index contributed by atoms with van der Waals surface area (Å²) in [6.07, 6.45) is 2.48. The van der Waals surface area contributed by atoms with Crippen LogP contribution in [0, 0.1) is 6.92 Å². The van der Waals surface area contributed by atoms with E-state index < -0.39 is 11.9 Å². The number of rotatable bonds is 31. The molecule has 3 aromatic heterocycles. The first-order valence-electron chi connectivity index (χ1n) is 34.6. The number of aliphatic hydroxyl groups excluding tert-OH is 2. The highest BCUT2D eigenvalue weighted by molar-refractivity contribution is 7.13. The van der Waals surface area contributed by atoms with E-state index in [-0.39, 0.29) is 49.3 Å². The van der Waals surface area contributed by atoms with Gasteiger partial charge in [-0.2, -0.15) is 0 Å². The van der Waals surface area contributed by atoms with E-state index in [1.807, 2.05) is 103 Å². The molecule has 8 aromatic carbocycles. The number of carbonyl (C=O) groups is 3. The van der Waals surface area contributed by atoms with E-state index in [1.165, 1.54) is 5.69 Å². The second-order valence-corrected chi connectivity index (χ2v) is 29.7. The Morgan fingerprint density at radius 1 is 0.553 bits per heavy atom. The highest BCUT2D eigenvalue weighted by atomic mass is 35.5. The van der Waals surface area contributed by atoms with Gasteiger partial charge in [-0.3, -0.25) is 14.4 Å². The number of nitrogens with one attached hydrogen (secondary N) is 3. The molecule has 2 unspecified atom stereocenters. The fourth-order valence-electron chi connectivity index (χ4n) is 12.5. The lowest BCUT2D eigenvalue weighted by molar-refractivity contribution is -0.122. The Kier molecular flexibility index (Phi) is 27.1. The van der Waals surface area contributed by atoms with E-state index >= 15 is 0 Å². The van der Waals surface area contributed by atoms with Crippen molar-refractivity contribution in [2.75, 3.05) is 55.7 Å². The van der Waals surface area contributed by atoms with Gasteiger partial charge in [0.05, 0.1) is 80.1 Å². The molecule has 0 bridgehead atoms. The molecule has 16 nitrogen and oxygen atoms in total. The van der Waals surface area contributed by atoms with Crippen molar-refractivity contribution in [3.8, 4) is 33.3 Å². The zero-order valence-electron chi connectivity index (χ0n) is 59.1. The number of Topliss-reactive ketones (excluding diaryl/α,β-unsaturated/α-hetero) is 1. The molecule has 22 heteroatoms. The van der Waals surface area contributed by atoms with Crippen LogP contribution in [0.2, 0.25) is 25.1 Å². The van der Waals surface area contributed by atoms with Crippen LogP contribution in [0.5, 0.6) is 0 Å². The Balaban J connectivity index is 0.000000222. The van der Waals surface area contributed by atoms with Crippen LogP contribution in [0.1, 0.15) is 124 Å². The summed E-state index contributed by atoms with van der Waals surface area (Å²) in [6, 6.07) is 53.1. The van der Waals surface area contributed by atoms with Gasteiger partial charge < -0.3 is 50.8 Å². The zero-order valence-corrected chi connectivity index (χ0v) is 63.6. The van der Waals surface area contributed by atoms with Gasteiger partial charge in [-0.25, -0.2) is 15.0 Å². The fraction of sp³-hybridized carbons (Fsp3) is 0.309. The Morgan fingerprint density at radius 3 is 1.50 bits per heavy atom. The first-order valence-corrected chi connectivity index (χ1v) is 37.4. The highest BCUT2D eigenvalue weighted by Gasteiger charge is 2.24. The number of aryl methyl sites for hydroxylation is 1. The van der Waals surface area contributed by atoms with E-state index in [2.05, 4.69) is 137 Å². The molecule has 538 valence electrons. The maximum absolute atomic E-state index is 13.0. The predicted octanol–water partition coefficient (Wildman–Crippen LogP) is 17.5. The van der Waals surface area contributed by atoms with Gasteiger partial charge in [0.1, 0.15) is 22.4 Å². The van der Waals surface area contributed by atoms with E-state index in [0.29, 0.717) is 87.7 Å². The number of imidazole rings is 2. The number of carbonyl (C=O) groups excluding carboxylic acids is 3. The molecule has 2 amide bonds. The SMILES string of the molecule is CCCN(CCC)c1ccc(-c2nc3cc(C(CC(C)=O)NCc4ccc(-c5nc(C(C)(C)C)cs5)cc4)ccc3n2Cc2ccc(Cl)c(Cl)c2)cc1.Cc1cc(CNCC(=O)NC(CC(N)=O)c2ccc3c(c2)nc(-c2ccc(N(CCO)CCO)cc2)n3Cc2ccc(Cl)c(Cl)c2)ccc1Cl. The molecular weight excluding hydrogens is 1420 g/mol. The third kappa shape index (κ3) is 20.4. The van der Waals surface area contributed by atoms with Gasteiger partial charge in [0.25, 0.3) is 0 Å². The van der Waals surface area contributed by atoms with Crippen LogP contribution in [0.3, 0.4) is 0 Å². The second kappa shape index (κ2) is 36.0. The van der Waals surface area contributed by atoms with Crippen molar-refractivity contribution in [2.24, 2.45) is 5.73 Å². The van der Waals surface area contributed by atoms with E-state index in [0.717, 1.165) is 115 Å². The van der Waals surface area contributed by atoms with Crippen LogP contribution in [-0.4, -0.2) is 97.8 Å². The van der Waals surface area contributed by atoms with Crippen LogP contribution in [0.4, 0.5) is 11.4 Å². The van der Waals surface area contributed by atoms with Crippen LogP contribution in [0.25, 0.3) is 55.4 Å². The number of primary amides is 1. The number of anilines is 2. The molecule has 0 saturated carbocycles. The summed E-state index contributed by atoms with van der Waals surface area (Å²) in [6.45, 7) is 19.5. The summed E-state index contributed by atoms with van der Waals surface area (Å²) in [7, 11) is 0. The molecule has 2 atom stereocenters. The number of thiazole rings is 1. The standard InChI is InChI=1S/C44H49Cl2N5OS.C37H39Cl3N6O4/c1-7-21-50(22-8-2)35-17-14-32(15-18-35)42-48-39-25-34(16-20-40(39)51(42)27-31-11-19-36(45)37(46)24-31)38(23-29(3)52)47-26-30-9-12-33(13-10-30)43-49-41(28-53-43)44(4,5)6;1-23-16-24(2-9-29(23)38)20-42-21-36(50)43-32(19-35(41)49)27-6-11-34-33(18-27)44-37(46(34)22-25-3-10-30(39)31(40)17-25)26-4-7-28(8-5-26)45(12-14-47)13-15-48/h9-20,24-25,28,38,47H,7-8,21-23,26-27H2,1-6H3;2-11,16-18,32,42,47-48H,12-15,19-22H2,1H3,(H2,41,49)(H,43,50). The molecule has 0 fully saturated rings. The minimum absolute atomic E-state index is 0.0219. The summed E-state index contributed by atoms with van der Waals surface area (Å²) >= 11 is 33.1. The Morgan fingerprint density at radius 2 is 1.04 bits per heavy atom. The number of amides is 2. The molecule has 0 radical (unpaired) electrons. The second-order valence-electron chi connectivity index (χ2n) is 26.9. The van der Waals surface area contributed by atoms with Crippen LogP contribution in [0.15, 0.2) is 169 Å². The molecule has 103 heavy (non-hydrogen) atoms. The molecule has 7 N–H and O–H groups in total. The Hall–Kier alpha value is -8.17. The van der Waals surface area contributed by atoms with Gasteiger partial charge in [0.2, 0.25) is 11.8 Å². The lowest BCUT2D eigenvalue weighted by Crippen LogP contribution is -2.37. The number of aromatic nitrogens is 5. The van der Waals surface area contributed by atoms with Crippen molar-refractivity contribution in [3.63, 3.8) is 0 Å². The number of fused-ring (bicyclic) bond motifs is 2. The zero-order chi connectivity index (χ0) is 73.5. The van der Waals surface area contributed by atoms with Crippen molar-refractivity contribution in [2.45, 2.75) is 118 Å². The summed E-state index contributed by atoms with van der Waals surface area (Å²) < 4.78 is 4.31. The lowest BCUT2D eigenvalue weighted by Gasteiger charge is -2.24. The summed E-state index contributed by atoms with van der Waals surface area (Å²) in [5.74, 6) is 0.843. The average molecular weight is 1500 g/mol. The maximum atomic E-state index is 13.0. The van der Waals surface area contributed by atoms with Gasteiger partial charge in [-0.05, 0) is 169 Å². The predicted molar refractivity (Wildman–Crippen MR) is 424 cm³/mol. The van der Waals surface area contributed by atoms with E-state index in [1.54, 1.807) is 24.3 Å². The Bertz CT molecular complexity index is 4720. The summed E-state index contributed by atoms with van der Waals surface area (Å²) in [4.78, 5) is 57.2. The third-order valence-corrected chi connectivity index (χ3v) is 20.6. The van der Waals surface area contributed by atoms with Crippen molar-refractivity contribution < 1.29 is 24.6 Å². The van der Waals surface area contributed by atoms with Gasteiger partial charge in [-0.15, -0.1) is 11.3 Å². The van der Waals surface area contributed by atoms with Crippen LogP contribution >= 0.6 is 69.3 Å². The molecule has 3 heterocycles. The van der Waals surface area contributed by atoms with Gasteiger partial charge >= 0.3 is 0 Å². The molecule has 11 rings (SSSR count). The monoisotopic (exact) mass is 1500 g/mol. The molecular formula is C81H88Cl5N11O5S. The van der Waals surface area contributed by atoms with Gasteiger partial charge in [0.15, 0.2) is 0 Å². The minimum atomic E-state index is -0.670. The number of nitrogens with zero attached hydrogens (tertiary/aromatic N) is 7. The molecule has 0 saturated heterocycles. The number of hydrogen-bond donors (Lipinski definition) is 6. The molecule has 0 spiro atoms. The quantitative estimate of drug-likeness (QED) is 0.0240. The van der Waals surface area contributed by atoms with Crippen LogP contribution < -0.4 is 31.5 Å². The molecule has 11 aromatic rings. The smallest absolute Gasteiger partial charge is 0.234 e. The number of halogens is 5. The number of ketones is 1. The summed E-state index contributed by atoms with van der Waals surface area (Å²) in [5.41, 5.74) is 21.9. The molecule has 0 aliphatic carbocycles. The topological polar surface area (TPSA) is 209 Å². The van der Waals surface area contributed by atoms with Gasteiger partial charge in [-0.1, -0.05) is 153 Å². The maximum Gasteiger partial charge on any atom is 0.234 e. The third-order valence-electron chi connectivity index (χ3n) is 17.8. The molecule has 0 aliphatic heterocycles. The number of benzene rings is 8. The Labute approximate surface area is 632 Å². The van der Waals surface area contributed by atoms with Gasteiger partial charge in [0, 0.05) is 109 Å².